The van der Waals surface area contributed by atoms with Gasteiger partial charge in [0.25, 0.3) is 0 Å². The summed E-state index contributed by atoms with van der Waals surface area (Å²) in [5.41, 5.74) is 8.33. The van der Waals surface area contributed by atoms with E-state index in [4.69, 9.17) is 5.73 Å². The lowest BCUT2D eigenvalue weighted by atomic mass is 10.1. The first-order valence-electron chi connectivity index (χ1n) is 6.49. The van der Waals surface area contributed by atoms with Crippen molar-refractivity contribution in [2.24, 2.45) is 5.73 Å². The van der Waals surface area contributed by atoms with E-state index in [9.17, 15) is 4.39 Å². The maximum atomic E-state index is 13.2. The molecule has 0 saturated carbocycles. The van der Waals surface area contributed by atoms with Crippen LogP contribution in [0.25, 0.3) is 0 Å². The van der Waals surface area contributed by atoms with Crippen LogP contribution in [0.5, 0.6) is 0 Å². The molecular formula is C14H21FN2. The number of hydrogen-bond acceptors (Lipinski definition) is 2. The molecule has 2 nitrogen and oxygen atoms in total. The van der Waals surface area contributed by atoms with E-state index in [-0.39, 0.29) is 11.9 Å². The van der Waals surface area contributed by atoms with Crippen LogP contribution in [0.15, 0.2) is 18.2 Å². The summed E-state index contributed by atoms with van der Waals surface area (Å²) < 4.78 is 13.2. The Morgan fingerprint density at radius 1 is 1.41 bits per heavy atom. The Morgan fingerprint density at radius 3 is 3.00 bits per heavy atom. The number of fused-ring (bicyclic) bond motifs is 1. The highest BCUT2D eigenvalue weighted by atomic mass is 19.1. The van der Waals surface area contributed by atoms with Crippen LogP contribution in [-0.2, 0) is 6.42 Å². The summed E-state index contributed by atoms with van der Waals surface area (Å²) in [7, 11) is 0. The van der Waals surface area contributed by atoms with Crippen LogP contribution < -0.4 is 10.6 Å². The zero-order valence-electron chi connectivity index (χ0n) is 10.5. The lowest BCUT2D eigenvalue weighted by Gasteiger charge is -2.21. The Kier molecular flexibility index (Phi) is 4.00. The maximum absolute atomic E-state index is 13.2. The van der Waals surface area contributed by atoms with E-state index in [2.05, 4.69) is 11.8 Å². The average molecular weight is 236 g/mol. The topological polar surface area (TPSA) is 29.3 Å². The summed E-state index contributed by atoms with van der Waals surface area (Å²) in [5, 5.41) is 0. The Bertz CT molecular complexity index is 378. The average Bonchev–Trinajstić information content (AvgIpc) is 2.69. The smallest absolute Gasteiger partial charge is 0.125 e. The van der Waals surface area contributed by atoms with Gasteiger partial charge in [-0.1, -0.05) is 19.4 Å². The van der Waals surface area contributed by atoms with Gasteiger partial charge in [-0.15, -0.1) is 0 Å². The second kappa shape index (κ2) is 5.50. The molecule has 1 atom stereocenters. The molecule has 17 heavy (non-hydrogen) atoms. The lowest BCUT2D eigenvalue weighted by molar-refractivity contribution is 0.556. The molecule has 0 bridgehead atoms. The van der Waals surface area contributed by atoms with Crippen molar-refractivity contribution in [3.8, 4) is 0 Å². The molecule has 1 aliphatic rings. The first-order chi connectivity index (χ1) is 8.20. The second-order valence-corrected chi connectivity index (χ2v) is 4.85. The summed E-state index contributed by atoms with van der Waals surface area (Å²) >= 11 is 0. The van der Waals surface area contributed by atoms with Crippen LogP contribution >= 0.6 is 0 Å². The van der Waals surface area contributed by atoms with Crippen LogP contribution in [0.3, 0.4) is 0 Å². The summed E-state index contributed by atoms with van der Waals surface area (Å²) in [6.45, 7) is 4.09. The molecule has 0 fully saturated rings. The van der Waals surface area contributed by atoms with Gasteiger partial charge in [0.05, 0.1) is 0 Å². The van der Waals surface area contributed by atoms with Gasteiger partial charge in [0.2, 0.25) is 0 Å². The summed E-state index contributed by atoms with van der Waals surface area (Å²) in [5.74, 6) is -0.145. The largest absolute Gasteiger partial charge is 0.371 e. The van der Waals surface area contributed by atoms with Crippen molar-refractivity contribution in [2.45, 2.75) is 38.6 Å². The van der Waals surface area contributed by atoms with E-state index >= 15 is 0 Å². The quantitative estimate of drug-likeness (QED) is 0.851. The predicted octanol–water partition coefficient (Wildman–Crippen LogP) is 2.71. The van der Waals surface area contributed by atoms with Gasteiger partial charge >= 0.3 is 0 Å². The van der Waals surface area contributed by atoms with Crippen LogP contribution in [0.2, 0.25) is 0 Å². The molecule has 0 aromatic heterocycles. The molecule has 3 heteroatoms. The number of halogens is 1. The molecule has 0 amide bonds. The van der Waals surface area contributed by atoms with Crippen molar-refractivity contribution >= 4 is 5.69 Å². The van der Waals surface area contributed by atoms with E-state index in [1.165, 1.54) is 5.56 Å². The minimum absolute atomic E-state index is 0.145. The van der Waals surface area contributed by atoms with Gasteiger partial charge in [0, 0.05) is 24.8 Å². The van der Waals surface area contributed by atoms with E-state index in [1.54, 1.807) is 12.1 Å². The minimum atomic E-state index is -0.145. The molecule has 0 radical (unpaired) electrons. The molecule has 2 rings (SSSR count). The standard InChI is InChI=1S/C14H21FN2/c1-2-3-13(16)7-9-17-8-6-11-4-5-12(15)10-14(11)17/h4-5,10,13H,2-3,6-9,16H2,1H3. The highest BCUT2D eigenvalue weighted by Gasteiger charge is 2.19. The van der Waals surface area contributed by atoms with Crippen LogP contribution in [0.1, 0.15) is 31.7 Å². The van der Waals surface area contributed by atoms with Crippen molar-refractivity contribution in [1.29, 1.82) is 0 Å². The molecule has 2 N–H and O–H groups in total. The molecule has 1 unspecified atom stereocenters. The Morgan fingerprint density at radius 2 is 2.24 bits per heavy atom. The summed E-state index contributed by atoms with van der Waals surface area (Å²) in [6.07, 6.45) is 4.22. The zero-order chi connectivity index (χ0) is 12.3. The third kappa shape index (κ3) is 2.97. The first kappa shape index (κ1) is 12.4. The number of benzene rings is 1. The SMILES string of the molecule is CCCC(N)CCN1CCc2ccc(F)cc21. The van der Waals surface area contributed by atoms with Crippen molar-refractivity contribution in [2.75, 3.05) is 18.0 Å². The van der Waals surface area contributed by atoms with Crippen molar-refractivity contribution in [3.05, 3.63) is 29.6 Å². The van der Waals surface area contributed by atoms with E-state index < -0.39 is 0 Å². The normalized spacial score (nSPS) is 16.1. The maximum Gasteiger partial charge on any atom is 0.125 e. The molecule has 1 aromatic carbocycles. The Labute approximate surface area is 103 Å². The highest BCUT2D eigenvalue weighted by molar-refractivity contribution is 5.58. The predicted molar refractivity (Wildman–Crippen MR) is 69.8 cm³/mol. The van der Waals surface area contributed by atoms with Gasteiger partial charge in [-0.3, -0.25) is 0 Å². The number of nitrogens with two attached hydrogens (primary N) is 1. The highest BCUT2D eigenvalue weighted by Crippen LogP contribution is 2.28. The number of hydrogen-bond donors (Lipinski definition) is 1. The van der Waals surface area contributed by atoms with E-state index in [0.717, 1.165) is 44.5 Å². The fraction of sp³-hybridized carbons (Fsp3) is 0.571. The summed E-state index contributed by atoms with van der Waals surface area (Å²) in [4.78, 5) is 2.26. The summed E-state index contributed by atoms with van der Waals surface area (Å²) in [6, 6.07) is 5.37. The fourth-order valence-corrected chi connectivity index (χ4v) is 2.49. The number of nitrogens with zero attached hydrogens (tertiary/aromatic N) is 1. The first-order valence-corrected chi connectivity index (χ1v) is 6.49. The van der Waals surface area contributed by atoms with Gasteiger partial charge in [-0.2, -0.15) is 0 Å². The third-order valence-corrected chi connectivity index (χ3v) is 3.47. The molecule has 94 valence electrons. The Balaban J connectivity index is 1.95. The fourth-order valence-electron chi connectivity index (χ4n) is 2.49. The molecule has 0 spiro atoms. The van der Waals surface area contributed by atoms with Crippen LogP contribution in [0.4, 0.5) is 10.1 Å². The van der Waals surface area contributed by atoms with Gasteiger partial charge < -0.3 is 10.6 Å². The van der Waals surface area contributed by atoms with Crippen molar-refractivity contribution in [1.82, 2.24) is 0 Å². The van der Waals surface area contributed by atoms with Gasteiger partial charge in [-0.25, -0.2) is 4.39 Å². The van der Waals surface area contributed by atoms with Crippen LogP contribution in [-0.4, -0.2) is 19.1 Å². The zero-order valence-corrected chi connectivity index (χ0v) is 10.5. The lowest BCUT2D eigenvalue weighted by Crippen LogP contribution is -2.29. The number of rotatable bonds is 5. The van der Waals surface area contributed by atoms with E-state index in [1.807, 2.05) is 6.07 Å². The van der Waals surface area contributed by atoms with Crippen LogP contribution in [0, 0.1) is 5.82 Å². The third-order valence-electron chi connectivity index (χ3n) is 3.47. The molecule has 1 aliphatic heterocycles. The monoisotopic (exact) mass is 236 g/mol. The van der Waals surface area contributed by atoms with Gasteiger partial charge in [0.1, 0.15) is 5.82 Å². The van der Waals surface area contributed by atoms with E-state index in [0.29, 0.717) is 0 Å². The Hall–Kier alpha value is -1.09. The van der Waals surface area contributed by atoms with Gasteiger partial charge in [0.15, 0.2) is 0 Å². The number of anilines is 1. The van der Waals surface area contributed by atoms with Gasteiger partial charge in [-0.05, 0) is 37.0 Å². The molecule has 0 saturated heterocycles. The van der Waals surface area contributed by atoms with Crippen molar-refractivity contribution < 1.29 is 4.39 Å². The molecule has 1 aromatic rings. The van der Waals surface area contributed by atoms with Crippen molar-refractivity contribution in [3.63, 3.8) is 0 Å². The minimum Gasteiger partial charge on any atom is -0.371 e. The molecule has 1 heterocycles. The molecule has 0 aliphatic carbocycles. The second-order valence-electron chi connectivity index (χ2n) is 4.85. The molecular weight excluding hydrogens is 215 g/mol.